The van der Waals surface area contributed by atoms with Gasteiger partial charge in [0.1, 0.15) is 5.65 Å². The Balaban J connectivity index is 1.60. The molecule has 0 atom stereocenters. The second kappa shape index (κ2) is 6.29. The lowest BCUT2D eigenvalue weighted by Gasteiger charge is -2.25. The molecule has 0 spiro atoms. The number of sulfonamides is 1. The molecule has 0 bridgehead atoms. The van der Waals surface area contributed by atoms with E-state index in [4.69, 9.17) is 11.6 Å². The first-order valence-corrected chi connectivity index (χ1v) is 9.75. The third-order valence-electron chi connectivity index (χ3n) is 4.42. The summed E-state index contributed by atoms with van der Waals surface area (Å²) in [6.45, 7) is 0.803. The second-order valence-electron chi connectivity index (χ2n) is 5.90. The summed E-state index contributed by atoms with van der Waals surface area (Å²) in [6.07, 6.45) is 6.33. The Labute approximate surface area is 151 Å². The number of hydrogen-bond acceptors (Lipinski definition) is 3. The number of rotatable bonds is 3. The average molecular weight is 374 g/mol. The molecular weight excluding hydrogens is 358 g/mol. The van der Waals surface area contributed by atoms with E-state index in [0.717, 1.165) is 22.2 Å². The third kappa shape index (κ3) is 2.97. The summed E-state index contributed by atoms with van der Waals surface area (Å²) < 4.78 is 27.0. The minimum absolute atomic E-state index is 0.269. The van der Waals surface area contributed by atoms with Crippen molar-refractivity contribution >= 4 is 38.2 Å². The van der Waals surface area contributed by atoms with E-state index in [2.05, 4.69) is 9.97 Å². The zero-order valence-corrected chi connectivity index (χ0v) is 14.9. The largest absolute Gasteiger partial charge is 0.346 e. The van der Waals surface area contributed by atoms with Gasteiger partial charge in [-0.3, -0.25) is 0 Å². The smallest absolute Gasteiger partial charge is 0.243 e. The molecule has 1 aliphatic heterocycles. The van der Waals surface area contributed by atoms with Gasteiger partial charge in [-0.15, -0.1) is 0 Å². The standard InChI is InChI=1S/C18H16ClN3O2S/c19-14-3-5-15(6-4-14)25(23,24)22-10-7-13(8-11-22)17-12-21-18-16(17)2-1-9-20-18/h1-7,9,12H,8,10-11H2,(H,20,21). The molecule has 1 aromatic carbocycles. The van der Waals surface area contributed by atoms with Crippen LogP contribution in [0.1, 0.15) is 12.0 Å². The van der Waals surface area contributed by atoms with Gasteiger partial charge >= 0.3 is 0 Å². The molecule has 7 heteroatoms. The van der Waals surface area contributed by atoms with Crippen LogP contribution in [0, 0.1) is 0 Å². The van der Waals surface area contributed by atoms with Gasteiger partial charge in [-0.25, -0.2) is 13.4 Å². The van der Waals surface area contributed by atoms with Gasteiger partial charge in [0, 0.05) is 41.5 Å². The van der Waals surface area contributed by atoms with E-state index in [9.17, 15) is 8.42 Å². The highest BCUT2D eigenvalue weighted by atomic mass is 35.5. The maximum atomic E-state index is 12.7. The first kappa shape index (κ1) is 16.3. The highest BCUT2D eigenvalue weighted by Crippen LogP contribution is 2.30. The molecule has 5 nitrogen and oxygen atoms in total. The quantitative estimate of drug-likeness (QED) is 0.761. The Morgan fingerprint density at radius 2 is 1.96 bits per heavy atom. The molecule has 0 saturated heterocycles. The van der Waals surface area contributed by atoms with Gasteiger partial charge in [0.15, 0.2) is 0 Å². The number of aromatic amines is 1. The molecule has 4 rings (SSSR count). The monoisotopic (exact) mass is 373 g/mol. The van der Waals surface area contributed by atoms with Crippen molar-refractivity contribution in [3.05, 3.63) is 65.5 Å². The molecular formula is C18H16ClN3O2S. The van der Waals surface area contributed by atoms with E-state index >= 15 is 0 Å². The third-order valence-corrected chi connectivity index (χ3v) is 6.55. The Morgan fingerprint density at radius 3 is 2.68 bits per heavy atom. The normalized spacial score (nSPS) is 16.1. The maximum absolute atomic E-state index is 12.7. The summed E-state index contributed by atoms with van der Waals surface area (Å²) in [5, 5.41) is 1.58. The Bertz CT molecular complexity index is 1060. The van der Waals surface area contributed by atoms with Crippen LogP contribution in [0.4, 0.5) is 0 Å². The van der Waals surface area contributed by atoms with Gasteiger partial charge in [-0.2, -0.15) is 4.31 Å². The predicted molar refractivity (Wildman–Crippen MR) is 98.9 cm³/mol. The van der Waals surface area contributed by atoms with E-state index in [-0.39, 0.29) is 4.90 Å². The number of H-pyrrole nitrogens is 1. The van der Waals surface area contributed by atoms with Crippen LogP contribution in [0.25, 0.3) is 16.6 Å². The fourth-order valence-electron chi connectivity index (χ4n) is 3.09. The van der Waals surface area contributed by atoms with Gasteiger partial charge in [-0.1, -0.05) is 17.7 Å². The van der Waals surface area contributed by atoms with E-state index < -0.39 is 10.0 Å². The Kier molecular flexibility index (Phi) is 4.11. The fourth-order valence-corrected chi connectivity index (χ4v) is 4.60. The first-order chi connectivity index (χ1) is 12.1. The summed E-state index contributed by atoms with van der Waals surface area (Å²) in [4.78, 5) is 7.73. The molecule has 3 heterocycles. The van der Waals surface area contributed by atoms with Crippen LogP contribution in [-0.2, 0) is 10.0 Å². The van der Waals surface area contributed by atoms with Crippen molar-refractivity contribution < 1.29 is 8.42 Å². The summed E-state index contributed by atoms with van der Waals surface area (Å²) in [6, 6.07) is 10.2. The van der Waals surface area contributed by atoms with Crippen LogP contribution in [0.5, 0.6) is 0 Å². The van der Waals surface area contributed by atoms with E-state index in [1.54, 1.807) is 30.5 Å². The van der Waals surface area contributed by atoms with Crippen molar-refractivity contribution in [1.29, 1.82) is 0 Å². The molecule has 0 fully saturated rings. The number of aromatic nitrogens is 2. The predicted octanol–water partition coefficient (Wildman–Crippen LogP) is 3.69. The summed E-state index contributed by atoms with van der Waals surface area (Å²) in [5.74, 6) is 0. The number of hydrogen-bond donors (Lipinski definition) is 1. The Morgan fingerprint density at radius 1 is 1.16 bits per heavy atom. The molecule has 2 aromatic heterocycles. The molecule has 3 aromatic rings. The highest BCUT2D eigenvalue weighted by Gasteiger charge is 2.26. The molecule has 1 N–H and O–H groups in total. The van der Waals surface area contributed by atoms with Crippen LogP contribution in [0.2, 0.25) is 5.02 Å². The van der Waals surface area contributed by atoms with Crippen molar-refractivity contribution in [2.24, 2.45) is 0 Å². The zero-order valence-electron chi connectivity index (χ0n) is 13.3. The number of nitrogens with zero attached hydrogens (tertiary/aromatic N) is 2. The Hall–Kier alpha value is -2.15. The topological polar surface area (TPSA) is 66.1 Å². The zero-order chi connectivity index (χ0) is 17.4. The summed E-state index contributed by atoms with van der Waals surface area (Å²) in [7, 11) is -3.50. The minimum Gasteiger partial charge on any atom is -0.346 e. The minimum atomic E-state index is -3.50. The van der Waals surface area contributed by atoms with Crippen molar-refractivity contribution in [3.63, 3.8) is 0 Å². The van der Waals surface area contributed by atoms with Crippen molar-refractivity contribution in [1.82, 2.24) is 14.3 Å². The lowest BCUT2D eigenvalue weighted by atomic mass is 10.0. The van der Waals surface area contributed by atoms with E-state index in [1.807, 2.05) is 24.4 Å². The fraction of sp³-hybridized carbons (Fsp3) is 0.167. The molecule has 0 radical (unpaired) electrons. The van der Waals surface area contributed by atoms with E-state index in [1.165, 1.54) is 4.31 Å². The SMILES string of the molecule is O=S(=O)(c1ccc(Cl)cc1)N1CC=C(c2c[nH]c3ncccc23)CC1. The maximum Gasteiger partial charge on any atom is 0.243 e. The highest BCUT2D eigenvalue weighted by molar-refractivity contribution is 7.89. The lowest BCUT2D eigenvalue weighted by Crippen LogP contribution is -2.34. The van der Waals surface area contributed by atoms with Gasteiger partial charge in [0.05, 0.1) is 4.90 Å². The number of benzene rings is 1. The van der Waals surface area contributed by atoms with Crippen LogP contribution < -0.4 is 0 Å². The average Bonchev–Trinajstić information content (AvgIpc) is 3.06. The summed E-state index contributed by atoms with van der Waals surface area (Å²) >= 11 is 5.85. The van der Waals surface area contributed by atoms with Gasteiger partial charge in [0.25, 0.3) is 0 Å². The van der Waals surface area contributed by atoms with Crippen molar-refractivity contribution in [2.45, 2.75) is 11.3 Å². The van der Waals surface area contributed by atoms with E-state index in [0.29, 0.717) is 24.5 Å². The van der Waals surface area contributed by atoms with Crippen LogP contribution in [0.15, 0.2) is 59.8 Å². The molecule has 1 aliphatic rings. The molecule has 128 valence electrons. The van der Waals surface area contributed by atoms with Crippen molar-refractivity contribution in [3.8, 4) is 0 Å². The van der Waals surface area contributed by atoms with Crippen LogP contribution in [-0.4, -0.2) is 35.8 Å². The first-order valence-electron chi connectivity index (χ1n) is 7.93. The summed E-state index contributed by atoms with van der Waals surface area (Å²) in [5.41, 5.74) is 3.07. The molecule has 0 aliphatic carbocycles. The number of pyridine rings is 1. The van der Waals surface area contributed by atoms with Crippen LogP contribution in [0.3, 0.4) is 0 Å². The molecule has 0 amide bonds. The van der Waals surface area contributed by atoms with Gasteiger partial charge in [0.2, 0.25) is 10.0 Å². The molecule has 0 saturated carbocycles. The second-order valence-corrected chi connectivity index (χ2v) is 8.27. The lowest BCUT2D eigenvalue weighted by molar-refractivity contribution is 0.441. The molecule has 25 heavy (non-hydrogen) atoms. The van der Waals surface area contributed by atoms with Gasteiger partial charge in [-0.05, 0) is 48.4 Å². The number of fused-ring (bicyclic) bond motifs is 1. The molecule has 0 unspecified atom stereocenters. The number of nitrogens with one attached hydrogen (secondary N) is 1. The van der Waals surface area contributed by atoms with Gasteiger partial charge < -0.3 is 4.98 Å². The van der Waals surface area contributed by atoms with Crippen molar-refractivity contribution in [2.75, 3.05) is 13.1 Å². The number of halogens is 1. The van der Waals surface area contributed by atoms with Crippen LogP contribution >= 0.6 is 11.6 Å².